The number of nitrogens with zero attached hydrogens (tertiary/aromatic N) is 7. The van der Waals surface area contributed by atoms with Gasteiger partial charge in [0, 0.05) is 92.1 Å². The van der Waals surface area contributed by atoms with E-state index in [0.29, 0.717) is 38.7 Å². The summed E-state index contributed by atoms with van der Waals surface area (Å²) in [4.78, 5) is 58.2. The van der Waals surface area contributed by atoms with Gasteiger partial charge in [-0.3, -0.25) is 29.4 Å². The van der Waals surface area contributed by atoms with E-state index in [4.69, 9.17) is 16.3 Å². The zero-order valence-electron chi connectivity index (χ0n) is 33.9. The number of hydrogen-bond donors (Lipinski definition) is 2. The second-order valence-corrected chi connectivity index (χ2v) is 18.0. The van der Waals surface area contributed by atoms with Crippen LogP contribution in [-0.4, -0.2) is 95.6 Å². The Morgan fingerprint density at radius 3 is 2.24 bits per heavy atom. The molecule has 3 amide bonds. The van der Waals surface area contributed by atoms with Crippen molar-refractivity contribution >= 4 is 51.6 Å². The van der Waals surface area contributed by atoms with Crippen molar-refractivity contribution in [3.8, 4) is 11.8 Å². The fourth-order valence-electron chi connectivity index (χ4n) is 9.92. The number of piperidine rings is 2. The van der Waals surface area contributed by atoms with Crippen LogP contribution in [0, 0.1) is 28.1 Å². The van der Waals surface area contributed by atoms with E-state index in [0.717, 1.165) is 74.7 Å². The van der Waals surface area contributed by atoms with Crippen LogP contribution in [0.2, 0.25) is 5.02 Å². The molecule has 0 spiro atoms. The summed E-state index contributed by atoms with van der Waals surface area (Å²) in [6.07, 6.45) is 2.29. The van der Waals surface area contributed by atoms with Gasteiger partial charge in [0.25, 0.3) is 17.4 Å². The number of imide groups is 1. The van der Waals surface area contributed by atoms with E-state index in [1.54, 1.807) is 18.2 Å². The minimum atomic E-state index is -0.850. The van der Waals surface area contributed by atoms with Crippen molar-refractivity contribution in [1.82, 2.24) is 30.5 Å². The molecule has 1 atom stereocenters. The first-order valence-corrected chi connectivity index (χ1v) is 20.8. The molecule has 308 valence electrons. The molecule has 2 N–H and O–H groups in total. The lowest BCUT2D eigenvalue weighted by Gasteiger charge is -2.63. The maximum atomic E-state index is 13.5. The summed E-state index contributed by atoms with van der Waals surface area (Å²) in [6, 6.07) is 19.7. The lowest BCUT2D eigenvalue weighted by atomic mass is 9.49. The number of ether oxygens (including phenoxy) is 1. The van der Waals surface area contributed by atoms with Gasteiger partial charge in [0.05, 0.1) is 16.0 Å². The van der Waals surface area contributed by atoms with E-state index >= 15 is 0 Å². The van der Waals surface area contributed by atoms with E-state index < -0.39 is 11.9 Å². The molecular weight excluding hydrogens is 770 g/mol. The fourth-order valence-corrected chi connectivity index (χ4v) is 10.1. The minimum Gasteiger partial charge on any atom is -0.489 e. The summed E-state index contributed by atoms with van der Waals surface area (Å²) in [5.74, 6) is 0.196. The van der Waals surface area contributed by atoms with E-state index in [-0.39, 0.29) is 53.2 Å². The Bertz CT molecular complexity index is 2360. The Balaban J connectivity index is 0.802. The summed E-state index contributed by atoms with van der Waals surface area (Å²) < 4.78 is 7.49. The zero-order valence-corrected chi connectivity index (χ0v) is 34.7. The second kappa shape index (κ2) is 15.9. The number of amides is 3. The summed E-state index contributed by atoms with van der Waals surface area (Å²) in [7, 11) is 0. The van der Waals surface area contributed by atoms with Gasteiger partial charge in [-0.15, -0.1) is 5.10 Å². The zero-order chi connectivity index (χ0) is 41.6. The van der Waals surface area contributed by atoms with Gasteiger partial charge in [-0.25, -0.2) is 0 Å². The van der Waals surface area contributed by atoms with E-state index in [9.17, 15) is 24.4 Å². The highest BCUT2D eigenvalue weighted by atomic mass is 35.5. The first-order chi connectivity index (χ1) is 28.2. The number of piperazine rings is 1. The third-order valence-corrected chi connectivity index (χ3v) is 13.3. The molecule has 4 aliphatic rings. The SMILES string of the molecule is CC1(C)[C@H](NC(=O)c2ccc(N3CCN(CC4CCN(c5ccc6nnn(C7CCC(=O)NC7=O)c(=O)c6c5)CC4)CC3)cc2)C(C)(C)[C@H]1Oc1ccc(C#N)c(Cl)c1. The number of halogens is 1. The molecule has 3 aliphatic heterocycles. The average Bonchev–Trinajstić information content (AvgIpc) is 3.23. The normalized spacial score (nSPS) is 23.3. The van der Waals surface area contributed by atoms with Crippen LogP contribution in [-0.2, 0) is 9.59 Å². The van der Waals surface area contributed by atoms with Crippen LogP contribution in [0.4, 0.5) is 11.4 Å². The highest BCUT2D eigenvalue weighted by Gasteiger charge is 2.64. The van der Waals surface area contributed by atoms with Crippen LogP contribution in [0.25, 0.3) is 10.9 Å². The number of anilines is 2. The molecular formula is C44H50ClN9O5. The smallest absolute Gasteiger partial charge is 0.278 e. The molecule has 14 nitrogen and oxygen atoms in total. The van der Waals surface area contributed by atoms with Crippen molar-refractivity contribution in [2.24, 2.45) is 16.7 Å². The van der Waals surface area contributed by atoms with Gasteiger partial charge >= 0.3 is 0 Å². The Kier molecular flexibility index (Phi) is 10.9. The van der Waals surface area contributed by atoms with Gasteiger partial charge in [-0.2, -0.15) is 9.94 Å². The molecule has 4 fully saturated rings. The maximum absolute atomic E-state index is 13.5. The van der Waals surface area contributed by atoms with Crippen LogP contribution in [0.5, 0.6) is 5.75 Å². The van der Waals surface area contributed by atoms with Crippen molar-refractivity contribution in [3.05, 3.63) is 87.2 Å². The number of fused-ring (bicyclic) bond motifs is 1. The summed E-state index contributed by atoms with van der Waals surface area (Å²) in [5.41, 5.74) is 2.48. The Labute approximate surface area is 348 Å². The molecule has 0 bridgehead atoms. The molecule has 1 aliphatic carbocycles. The van der Waals surface area contributed by atoms with Gasteiger partial charge < -0.3 is 19.9 Å². The number of aromatic nitrogens is 3. The van der Waals surface area contributed by atoms with E-state index in [1.165, 1.54) is 0 Å². The van der Waals surface area contributed by atoms with Gasteiger partial charge in [0.2, 0.25) is 5.91 Å². The Hall–Kier alpha value is -5.52. The molecule has 3 aromatic carbocycles. The van der Waals surface area contributed by atoms with Gasteiger partial charge in [-0.05, 0) is 79.8 Å². The van der Waals surface area contributed by atoms with Crippen LogP contribution >= 0.6 is 11.6 Å². The van der Waals surface area contributed by atoms with Crippen molar-refractivity contribution in [2.75, 3.05) is 55.6 Å². The number of benzene rings is 3. The van der Waals surface area contributed by atoms with Gasteiger partial charge in [0.15, 0.2) is 0 Å². The average molecular weight is 820 g/mol. The molecule has 1 unspecified atom stereocenters. The van der Waals surface area contributed by atoms with Crippen LogP contribution in [0.1, 0.15) is 75.3 Å². The molecule has 1 saturated carbocycles. The number of carbonyl (C=O) groups excluding carboxylic acids is 3. The summed E-state index contributed by atoms with van der Waals surface area (Å²) in [6.45, 7) is 15.0. The van der Waals surface area contributed by atoms with Crippen molar-refractivity contribution in [1.29, 1.82) is 5.26 Å². The molecule has 0 radical (unpaired) electrons. The predicted octanol–water partition coefficient (Wildman–Crippen LogP) is 4.94. The largest absolute Gasteiger partial charge is 0.489 e. The molecule has 1 aromatic heterocycles. The van der Waals surface area contributed by atoms with Crippen LogP contribution in [0.15, 0.2) is 65.5 Å². The van der Waals surface area contributed by atoms with Crippen LogP contribution in [0.3, 0.4) is 0 Å². The third-order valence-electron chi connectivity index (χ3n) is 13.0. The first-order valence-electron chi connectivity index (χ1n) is 20.5. The topological polar surface area (TPSA) is 166 Å². The van der Waals surface area contributed by atoms with Crippen molar-refractivity contribution in [2.45, 2.75) is 71.6 Å². The molecule has 59 heavy (non-hydrogen) atoms. The molecule has 3 saturated heterocycles. The lowest BCUT2D eigenvalue weighted by Crippen LogP contribution is -2.74. The highest BCUT2D eigenvalue weighted by Crippen LogP contribution is 2.55. The molecule has 4 heterocycles. The first kappa shape index (κ1) is 40.3. The second-order valence-electron chi connectivity index (χ2n) is 17.6. The molecule has 15 heteroatoms. The minimum absolute atomic E-state index is 0.110. The number of nitrogens with one attached hydrogen (secondary N) is 2. The number of rotatable bonds is 9. The summed E-state index contributed by atoms with van der Waals surface area (Å²) in [5, 5.41) is 23.8. The number of hydrogen-bond acceptors (Lipinski definition) is 11. The number of carbonyl (C=O) groups is 3. The lowest BCUT2D eigenvalue weighted by molar-refractivity contribution is -0.164. The van der Waals surface area contributed by atoms with Crippen LogP contribution < -0.4 is 30.7 Å². The Morgan fingerprint density at radius 1 is 0.898 bits per heavy atom. The Morgan fingerprint density at radius 2 is 1.58 bits per heavy atom. The quantitative estimate of drug-likeness (QED) is 0.220. The maximum Gasteiger partial charge on any atom is 0.278 e. The third kappa shape index (κ3) is 7.85. The standard InChI is InChI=1S/C44H50ClN9O5/c1-43(2)41(44(3,4)42(43)59-32-11-7-29(25-46)34(45)24-32)48-38(56)28-5-8-30(9-6-28)53-21-19-51(20-22-53)26-27-15-17-52(18-16-27)31-10-12-35-33(23-31)40(58)54(50-49-35)36-13-14-37(55)47-39(36)57/h5-12,23-24,27,36,41-42H,13-22,26H2,1-4H3,(H,48,56)(H,47,55,57)/t36?,41-,42-. The summed E-state index contributed by atoms with van der Waals surface area (Å²) >= 11 is 6.26. The van der Waals surface area contributed by atoms with Gasteiger partial charge in [0.1, 0.15) is 29.5 Å². The highest BCUT2D eigenvalue weighted by molar-refractivity contribution is 6.31. The van der Waals surface area contributed by atoms with Crippen molar-refractivity contribution in [3.63, 3.8) is 0 Å². The van der Waals surface area contributed by atoms with E-state index in [2.05, 4.69) is 69.4 Å². The fraction of sp³-hybridized carbons (Fsp3) is 0.477. The molecule has 4 aromatic rings. The number of nitriles is 1. The van der Waals surface area contributed by atoms with Crippen molar-refractivity contribution < 1.29 is 19.1 Å². The predicted molar refractivity (Wildman–Crippen MR) is 225 cm³/mol. The van der Waals surface area contributed by atoms with E-state index in [1.807, 2.05) is 42.5 Å². The molecule has 8 rings (SSSR count). The monoisotopic (exact) mass is 819 g/mol. The van der Waals surface area contributed by atoms with Gasteiger partial charge in [-0.1, -0.05) is 44.5 Å².